The van der Waals surface area contributed by atoms with Gasteiger partial charge in [0.2, 0.25) is 0 Å². The molecule has 1 aromatic heterocycles. The average molecular weight is 193 g/mol. The van der Waals surface area contributed by atoms with Crippen LogP contribution in [-0.2, 0) is 13.0 Å². The molecule has 1 aliphatic rings. The van der Waals surface area contributed by atoms with E-state index in [-0.39, 0.29) is 0 Å². The van der Waals surface area contributed by atoms with Crippen LogP contribution in [0.4, 0.5) is 5.00 Å². The maximum atomic E-state index is 8.98. The number of nitrogens with one attached hydrogen (secondary N) is 2. The topological polar surface area (TPSA) is 47.9 Å². The summed E-state index contributed by atoms with van der Waals surface area (Å²) >= 11 is 1.71. The van der Waals surface area contributed by atoms with Gasteiger partial charge in [-0.15, -0.1) is 11.3 Å². The lowest BCUT2D eigenvalue weighted by atomic mass is 10.1. The van der Waals surface area contributed by atoms with Gasteiger partial charge in [-0.05, 0) is 12.0 Å². The molecule has 2 N–H and O–H groups in total. The Kier molecular flexibility index (Phi) is 2.21. The molecule has 13 heavy (non-hydrogen) atoms. The molecule has 4 heteroatoms. The van der Waals surface area contributed by atoms with Crippen LogP contribution in [0.5, 0.6) is 0 Å². The molecule has 0 spiro atoms. The van der Waals surface area contributed by atoms with Gasteiger partial charge in [0.25, 0.3) is 0 Å². The largest absolute Gasteiger partial charge is 0.379 e. The van der Waals surface area contributed by atoms with E-state index in [4.69, 9.17) is 5.26 Å². The van der Waals surface area contributed by atoms with Crippen molar-refractivity contribution in [2.75, 3.05) is 18.9 Å². The van der Waals surface area contributed by atoms with Gasteiger partial charge < -0.3 is 10.6 Å². The number of thiophene rings is 1. The molecule has 2 heterocycles. The molecule has 0 radical (unpaired) electrons. The van der Waals surface area contributed by atoms with E-state index < -0.39 is 0 Å². The van der Waals surface area contributed by atoms with Crippen molar-refractivity contribution in [3.05, 3.63) is 16.0 Å². The van der Waals surface area contributed by atoms with Crippen LogP contribution in [0.25, 0.3) is 0 Å². The third-order valence-corrected chi connectivity index (χ3v) is 3.57. The Morgan fingerprint density at radius 1 is 1.62 bits per heavy atom. The molecular weight excluding hydrogens is 182 g/mol. The first kappa shape index (κ1) is 8.54. The highest BCUT2D eigenvalue weighted by Gasteiger charge is 2.19. The third-order valence-electron chi connectivity index (χ3n) is 2.26. The molecule has 0 amide bonds. The highest BCUT2D eigenvalue weighted by atomic mass is 32.1. The number of hydrogen-bond donors (Lipinski definition) is 2. The van der Waals surface area contributed by atoms with Crippen molar-refractivity contribution in [1.82, 2.24) is 5.32 Å². The summed E-state index contributed by atoms with van der Waals surface area (Å²) < 4.78 is 0. The summed E-state index contributed by atoms with van der Waals surface area (Å²) in [6.07, 6.45) is 1.05. The minimum atomic E-state index is 0.828. The van der Waals surface area contributed by atoms with Crippen molar-refractivity contribution in [2.24, 2.45) is 0 Å². The molecule has 68 valence electrons. The van der Waals surface area contributed by atoms with E-state index in [2.05, 4.69) is 16.7 Å². The predicted molar refractivity (Wildman–Crippen MR) is 54.0 cm³/mol. The lowest BCUT2D eigenvalue weighted by Gasteiger charge is -2.11. The summed E-state index contributed by atoms with van der Waals surface area (Å²) in [5, 5.41) is 16.3. The zero-order chi connectivity index (χ0) is 9.26. The standard InChI is InChI=1S/C9H11N3S/c1-11-9-6(4-10)7-5-12-3-2-8(7)13-9/h11-12H,2-3,5H2,1H3. The van der Waals surface area contributed by atoms with Gasteiger partial charge in [-0.2, -0.15) is 5.26 Å². The van der Waals surface area contributed by atoms with Crippen molar-refractivity contribution < 1.29 is 0 Å². The molecule has 0 aromatic carbocycles. The van der Waals surface area contributed by atoms with E-state index in [1.807, 2.05) is 7.05 Å². The molecule has 0 fully saturated rings. The van der Waals surface area contributed by atoms with Gasteiger partial charge in [-0.1, -0.05) is 0 Å². The molecule has 1 aliphatic heterocycles. The fraction of sp³-hybridized carbons (Fsp3) is 0.444. The minimum absolute atomic E-state index is 0.828. The SMILES string of the molecule is CNc1sc2c(c1C#N)CNCC2. The second-order valence-electron chi connectivity index (χ2n) is 3.00. The van der Waals surface area contributed by atoms with E-state index in [1.54, 1.807) is 11.3 Å². The maximum absolute atomic E-state index is 8.98. The van der Waals surface area contributed by atoms with Crippen molar-refractivity contribution in [3.8, 4) is 6.07 Å². The average Bonchev–Trinajstić information content (AvgIpc) is 2.55. The van der Waals surface area contributed by atoms with Crippen LogP contribution in [0.3, 0.4) is 0 Å². The molecular formula is C9H11N3S. The third kappa shape index (κ3) is 1.30. The fourth-order valence-electron chi connectivity index (χ4n) is 1.61. The first-order valence-electron chi connectivity index (χ1n) is 4.30. The Bertz CT molecular complexity index is 362. The summed E-state index contributed by atoms with van der Waals surface area (Å²) in [5.74, 6) is 0. The van der Waals surface area contributed by atoms with Crippen molar-refractivity contribution in [1.29, 1.82) is 5.26 Å². The van der Waals surface area contributed by atoms with Gasteiger partial charge >= 0.3 is 0 Å². The summed E-state index contributed by atoms with van der Waals surface area (Å²) in [6.45, 7) is 1.87. The van der Waals surface area contributed by atoms with Crippen LogP contribution < -0.4 is 10.6 Å². The van der Waals surface area contributed by atoms with Gasteiger partial charge in [-0.25, -0.2) is 0 Å². The smallest absolute Gasteiger partial charge is 0.107 e. The van der Waals surface area contributed by atoms with Crippen LogP contribution in [-0.4, -0.2) is 13.6 Å². The predicted octanol–water partition coefficient (Wildman–Crippen LogP) is 1.31. The Hall–Kier alpha value is -1.05. The second-order valence-corrected chi connectivity index (χ2v) is 4.10. The van der Waals surface area contributed by atoms with Gasteiger partial charge in [0.1, 0.15) is 11.1 Å². The number of nitriles is 1. The monoisotopic (exact) mass is 193 g/mol. The lowest BCUT2D eigenvalue weighted by Crippen LogP contribution is -2.22. The molecule has 1 aromatic rings. The Balaban J connectivity index is 2.52. The van der Waals surface area contributed by atoms with Crippen LogP contribution in [0, 0.1) is 11.3 Å². The first-order valence-corrected chi connectivity index (χ1v) is 5.11. The van der Waals surface area contributed by atoms with Crippen LogP contribution in [0.1, 0.15) is 16.0 Å². The molecule has 0 bridgehead atoms. The fourth-order valence-corrected chi connectivity index (χ4v) is 2.73. The lowest BCUT2D eigenvalue weighted by molar-refractivity contribution is 0.652. The van der Waals surface area contributed by atoms with Gasteiger partial charge in [0, 0.05) is 25.0 Å². The van der Waals surface area contributed by atoms with Gasteiger partial charge in [-0.3, -0.25) is 0 Å². The van der Waals surface area contributed by atoms with Crippen molar-refractivity contribution >= 4 is 16.3 Å². The number of nitrogens with zero attached hydrogens (tertiary/aromatic N) is 1. The van der Waals surface area contributed by atoms with Gasteiger partial charge in [0.15, 0.2) is 0 Å². The van der Waals surface area contributed by atoms with E-state index in [1.165, 1.54) is 10.4 Å². The Labute approximate surface area is 81.4 Å². The van der Waals surface area contributed by atoms with Crippen LogP contribution >= 0.6 is 11.3 Å². The Morgan fingerprint density at radius 2 is 2.46 bits per heavy atom. The van der Waals surface area contributed by atoms with E-state index in [9.17, 15) is 0 Å². The van der Waals surface area contributed by atoms with Gasteiger partial charge in [0.05, 0.1) is 5.56 Å². The first-order chi connectivity index (χ1) is 6.36. The van der Waals surface area contributed by atoms with E-state index in [0.29, 0.717) is 0 Å². The number of anilines is 1. The number of fused-ring (bicyclic) bond motifs is 1. The molecule has 0 aliphatic carbocycles. The molecule has 3 nitrogen and oxygen atoms in total. The van der Waals surface area contributed by atoms with E-state index in [0.717, 1.165) is 30.1 Å². The zero-order valence-corrected chi connectivity index (χ0v) is 8.29. The normalized spacial score (nSPS) is 14.8. The Morgan fingerprint density at radius 3 is 3.15 bits per heavy atom. The molecule has 0 unspecified atom stereocenters. The summed E-state index contributed by atoms with van der Waals surface area (Å²) in [4.78, 5) is 1.36. The minimum Gasteiger partial charge on any atom is -0.379 e. The number of rotatable bonds is 1. The summed E-state index contributed by atoms with van der Waals surface area (Å²) in [5.41, 5.74) is 2.03. The summed E-state index contributed by atoms with van der Waals surface area (Å²) in [6, 6.07) is 2.26. The molecule has 0 saturated carbocycles. The quantitative estimate of drug-likeness (QED) is 0.707. The summed E-state index contributed by atoms with van der Waals surface area (Å²) in [7, 11) is 1.87. The van der Waals surface area contributed by atoms with Crippen molar-refractivity contribution in [2.45, 2.75) is 13.0 Å². The molecule has 0 atom stereocenters. The highest BCUT2D eigenvalue weighted by Crippen LogP contribution is 2.34. The molecule has 2 rings (SSSR count). The number of hydrogen-bond acceptors (Lipinski definition) is 4. The maximum Gasteiger partial charge on any atom is 0.107 e. The van der Waals surface area contributed by atoms with Crippen molar-refractivity contribution in [3.63, 3.8) is 0 Å². The van der Waals surface area contributed by atoms with Crippen LogP contribution in [0.2, 0.25) is 0 Å². The van der Waals surface area contributed by atoms with E-state index >= 15 is 0 Å². The molecule has 0 saturated heterocycles. The highest BCUT2D eigenvalue weighted by molar-refractivity contribution is 7.16. The second kappa shape index (κ2) is 3.36. The zero-order valence-electron chi connectivity index (χ0n) is 7.48. The van der Waals surface area contributed by atoms with Crippen LogP contribution in [0.15, 0.2) is 0 Å².